The number of benzene rings is 1. The molecular weight excluding hydrogens is 300 g/mol. The smallest absolute Gasteiger partial charge is 0.223 e. The van der Waals surface area contributed by atoms with Crippen molar-refractivity contribution in [1.82, 2.24) is 10.6 Å². The van der Waals surface area contributed by atoms with Gasteiger partial charge in [-0.25, -0.2) is 0 Å². The first kappa shape index (κ1) is 18.8. The number of carbonyl (C=O) groups excluding carboxylic acids is 1. The zero-order valence-electron chi connectivity index (χ0n) is 13.6. The molecule has 1 fully saturated rings. The molecule has 2 rings (SSSR count). The molecule has 1 amide bonds. The van der Waals surface area contributed by atoms with Gasteiger partial charge in [-0.2, -0.15) is 0 Å². The van der Waals surface area contributed by atoms with Crippen molar-refractivity contribution in [1.29, 1.82) is 0 Å². The van der Waals surface area contributed by atoms with E-state index in [9.17, 15) is 4.79 Å². The van der Waals surface area contributed by atoms with Gasteiger partial charge in [-0.3, -0.25) is 4.79 Å². The number of nitrogens with one attached hydrogen (secondary N) is 2. The fraction of sp³-hybridized carbons (Fsp3) is 0.588. The first-order valence-electron chi connectivity index (χ1n) is 7.79. The van der Waals surface area contributed by atoms with E-state index in [-0.39, 0.29) is 30.3 Å². The van der Waals surface area contributed by atoms with Crippen molar-refractivity contribution in [2.24, 2.45) is 5.92 Å². The highest BCUT2D eigenvalue weighted by Crippen LogP contribution is 2.18. The summed E-state index contributed by atoms with van der Waals surface area (Å²) < 4.78 is 5.88. The summed E-state index contributed by atoms with van der Waals surface area (Å²) in [6.07, 6.45) is 1.80. The largest absolute Gasteiger partial charge is 0.489 e. The highest BCUT2D eigenvalue weighted by atomic mass is 35.5. The number of carbonyl (C=O) groups is 1. The SMILES string of the molecule is Cc1ccccc1OC(C)CNC(=O)[C@H]1CCN[C@@H](C)C1.Cl. The van der Waals surface area contributed by atoms with Gasteiger partial charge in [-0.15, -0.1) is 12.4 Å². The molecule has 1 heterocycles. The lowest BCUT2D eigenvalue weighted by Gasteiger charge is -2.27. The van der Waals surface area contributed by atoms with Crippen LogP contribution < -0.4 is 15.4 Å². The van der Waals surface area contributed by atoms with Gasteiger partial charge in [0.2, 0.25) is 5.91 Å². The number of aryl methyl sites for hydroxylation is 1. The van der Waals surface area contributed by atoms with E-state index in [2.05, 4.69) is 17.6 Å². The van der Waals surface area contributed by atoms with Gasteiger partial charge in [0.1, 0.15) is 11.9 Å². The molecule has 0 aliphatic carbocycles. The molecule has 2 N–H and O–H groups in total. The fourth-order valence-corrected chi connectivity index (χ4v) is 2.71. The van der Waals surface area contributed by atoms with Gasteiger partial charge in [0, 0.05) is 12.0 Å². The molecule has 0 saturated carbocycles. The van der Waals surface area contributed by atoms with Gasteiger partial charge < -0.3 is 15.4 Å². The summed E-state index contributed by atoms with van der Waals surface area (Å²) in [6, 6.07) is 8.37. The monoisotopic (exact) mass is 326 g/mol. The molecule has 0 spiro atoms. The number of rotatable bonds is 5. The minimum absolute atomic E-state index is 0. The van der Waals surface area contributed by atoms with E-state index in [1.165, 1.54) is 0 Å². The van der Waals surface area contributed by atoms with E-state index in [0.29, 0.717) is 12.6 Å². The van der Waals surface area contributed by atoms with Crippen LogP contribution in [0.4, 0.5) is 0 Å². The predicted octanol–water partition coefficient (Wildman–Crippen LogP) is 2.69. The van der Waals surface area contributed by atoms with Crippen molar-refractivity contribution in [2.75, 3.05) is 13.1 Å². The highest BCUT2D eigenvalue weighted by molar-refractivity contribution is 5.85. The number of ether oxygens (including phenoxy) is 1. The molecule has 22 heavy (non-hydrogen) atoms. The average Bonchev–Trinajstić information content (AvgIpc) is 2.47. The number of hydrogen-bond acceptors (Lipinski definition) is 3. The first-order chi connectivity index (χ1) is 10.1. The lowest BCUT2D eigenvalue weighted by Crippen LogP contribution is -2.44. The van der Waals surface area contributed by atoms with Crippen molar-refractivity contribution in [2.45, 2.75) is 45.8 Å². The molecule has 0 bridgehead atoms. The Balaban J connectivity index is 0.00000242. The fourth-order valence-electron chi connectivity index (χ4n) is 2.71. The van der Waals surface area contributed by atoms with E-state index in [1.807, 2.05) is 38.1 Å². The van der Waals surface area contributed by atoms with E-state index in [0.717, 1.165) is 30.7 Å². The minimum Gasteiger partial charge on any atom is -0.489 e. The van der Waals surface area contributed by atoms with Crippen LogP contribution in [0.2, 0.25) is 0 Å². The van der Waals surface area contributed by atoms with Gasteiger partial charge in [0.15, 0.2) is 0 Å². The molecular formula is C17H27ClN2O2. The zero-order valence-corrected chi connectivity index (χ0v) is 14.4. The van der Waals surface area contributed by atoms with E-state index < -0.39 is 0 Å². The van der Waals surface area contributed by atoms with E-state index >= 15 is 0 Å². The topological polar surface area (TPSA) is 50.4 Å². The lowest BCUT2D eigenvalue weighted by atomic mass is 9.92. The van der Waals surface area contributed by atoms with Crippen molar-refractivity contribution in [3.63, 3.8) is 0 Å². The van der Waals surface area contributed by atoms with Crippen LogP contribution in [-0.4, -0.2) is 31.1 Å². The molecule has 4 nitrogen and oxygen atoms in total. The summed E-state index contributed by atoms with van der Waals surface area (Å²) in [5.41, 5.74) is 1.11. The number of para-hydroxylation sites is 1. The Labute approximate surface area is 139 Å². The Morgan fingerprint density at radius 1 is 1.45 bits per heavy atom. The third kappa shape index (κ3) is 5.50. The van der Waals surface area contributed by atoms with Crippen molar-refractivity contribution >= 4 is 18.3 Å². The normalized spacial score (nSPS) is 22.3. The maximum atomic E-state index is 12.2. The summed E-state index contributed by atoms with van der Waals surface area (Å²) in [4.78, 5) is 12.2. The third-order valence-corrected chi connectivity index (χ3v) is 3.98. The van der Waals surface area contributed by atoms with Gasteiger partial charge in [-0.1, -0.05) is 18.2 Å². The van der Waals surface area contributed by atoms with Gasteiger partial charge in [-0.05, 0) is 51.8 Å². The summed E-state index contributed by atoms with van der Waals surface area (Å²) in [7, 11) is 0. The summed E-state index contributed by atoms with van der Waals surface area (Å²) >= 11 is 0. The second-order valence-corrected chi connectivity index (χ2v) is 6.02. The molecule has 0 radical (unpaired) electrons. The molecule has 5 heteroatoms. The third-order valence-electron chi connectivity index (χ3n) is 3.98. The van der Waals surface area contributed by atoms with Crippen molar-refractivity contribution < 1.29 is 9.53 Å². The standard InChI is InChI=1S/C17H26N2O2.ClH/c1-12-6-4-5-7-16(12)21-14(3)11-19-17(20)15-8-9-18-13(2)10-15;/h4-7,13-15,18H,8-11H2,1-3H3,(H,19,20);1H/t13-,14?,15-;/m0./s1. The Bertz CT molecular complexity index is 481. The molecule has 1 saturated heterocycles. The molecule has 1 aliphatic rings. The summed E-state index contributed by atoms with van der Waals surface area (Å²) in [5, 5.41) is 6.39. The molecule has 3 atom stereocenters. The van der Waals surface area contributed by atoms with Crippen molar-refractivity contribution in [3.05, 3.63) is 29.8 Å². The average molecular weight is 327 g/mol. The van der Waals surface area contributed by atoms with Crippen LogP contribution in [0, 0.1) is 12.8 Å². The molecule has 124 valence electrons. The summed E-state index contributed by atoms with van der Waals surface area (Å²) in [6.45, 7) is 7.61. The molecule has 0 aromatic heterocycles. The Morgan fingerprint density at radius 3 is 2.86 bits per heavy atom. The number of hydrogen-bond donors (Lipinski definition) is 2. The quantitative estimate of drug-likeness (QED) is 0.874. The van der Waals surface area contributed by atoms with Crippen LogP contribution >= 0.6 is 12.4 Å². The van der Waals surface area contributed by atoms with Crippen LogP contribution in [0.25, 0.3) is 0 Å². The van der Waals surface area contributed by atoms with Gasteiger partial charge in [0.25, 0.3) is 0 Å². The van der Waals surface area contributed by atoms with Crippen molar-refractivity contribution in [3.8, 4) is 5.75 Å². The maximum Gasteiger partial charge on any atom is 0.223 e. The number of amides is 1. The van der Waals surface area contributed by atoms with Gasteiger partial charge >= 0.3 is 0 Å². The van der Waals surface area contributed by atoms with E-state index in [1.54, 1.807) is 0 Å². The highest BCUT2D eigenvalue weighted by Gasteiger charge is 2.24. The van der Waals surface area contributed by atoms with Crippen LogP contribution in [0.15, 0.2) is 24.3 Å². The molecule has 1 aromatic carbocycles. The predicted molar refractivity (Wildman–Crippen MR) is 91.7 cm³/mol. The molecule has 1 aliphatic heterocycles. The van der Waals surface area contributed by atoms with Crippen LogP contribution in [0.3, 0.4) is 0 Å². The molecule has 1 unspecified atom stereocenters. The minimum atomic E-state index is -0.0332. The second-order valence-electron chi connectivity index (χ2n) is 6.02. The maximum absolute atomic E-state index is 12.2. The summed E-state index contributed by atoms with van der Waals surface area (Å²) in [5.74, 6) is 1.17. The first-order valence-corrected chi connectivity index (χ1v) is 7.79. The van der Waals surface area contributed by atoms with Crippen LogP contribution in [-0.2, 0) is 4.79 Å². The van der Waals surface area contributed by atoms with E-state index in [4.69, 9.17) is 4.74 Å². The Morgan fingerprint density at radius 2 is 2.18 bits per heavy atom. The number of halogens is 1. The molecule has 1 aromatic rings. The Hall–Kier alpha value is -1.26. The van der Waals surface area contributed by atoms with Gasteiger partial charge in [0.05, 0.1) is 6.54 Å². The second kappa shape index (κ2) is 9.01. The lowest BCUT2D eigenvalue weighted by molar-refractivity contribution is -0.126. The number of piperidine rings is 1. The van der Waals surface area contributed by atoms with Crippen LogP contribution in [0.5, 0.6) is 5.75 Å². The van der Waals surface area contributed by atoms with Crippen LogP contribution in [0.1, 0.15) is 32.3 Å². The Kier molecular flexibility index (Phi) is 7.69. The zero-order chi connectivity index (χ0) is 15.2.